The van der Waals surface area contributed by atoms with Crippen LogP contribution in [0.25, 0.3) is 0 Å². The number of rotatable bonds is 9. The van der Waals surface area contributed by atoms with Gasteiger partial charge in [0.25, 0.3) is 0 Å². The van der Waals surface area contributed by atoms with Gasteiger partial charge >= 0.3 is 12.1 Å². The van der Waals surface area contributed by atoms with Crippen LogP contribution < -0.4 is 10.2 Å². The third-order valence-electron chi connectivity index (χ3n) is 6.36. The number of hydrogen-bond acceptors (Lipinski definition) is 5. The number of urea groups is 1. The van der Waals surface area contributed by atoms with E-state index in [4.69, 9.17) is 9.47 Å². The second-order valence-electron chi connectivity index (χ2n) is 10.6. The van der Waals surface area contributed by atoms with Gasteiger partial charge in [0.05, 0.1) is 25.2 Å². The van der Waals surface area contributed by atoms with Gasteiger partial charge in [0.15, 0.2) is 11.6 Å². The maximum atomic E-state index is 15.4. The van der Waals surface area contributed by atoms with E-state index in [1.54, 1.807) is 52.0 Å². The van der Waals surface area contributed by atoms with Gasteiger partial charge in [0.1, 0.15) is 11.3 Å². The van der Waals surface area contributed by atoms with Crippen LogP contribution in [-0.2, 0) is 14.3 Å². The van der Waals surface area contributed by atoms with Crippen LogP contribution >= 0.6 is 0 Å². The van der Waals surface area contributed by atoms with Gasteiger partial charge in [-0.15, -0.1) is 6.58 Å². The maximum Gasteiger partial charge on any atom is 0.407 e. The third kappa shape index (κ3) is 7.92. The quantitative estimate of drug-likeness (QED) is 0.249. The number of alkyl carbamates (subject to hydrolysis) is 1. The molecule has 2 aromatic rings. The van der Waals surface area contributed by atoms with E-state index in [1.807, 2.05) is 6.07 Å². The molecule has 0 saturated carbocycles. The molecule has 1 aliphatic rings. The van der Waals surface area contributed by atoms with Gasteiger partial charge in [-0.3, -0.25) is 4.79 Å². The number of imide groups is 1. The van der Waals surface area contributed by atoms with Gasteiger partial charge in [-0.05, 0) is 51.5 Å². The lowest BCUT2D eigenvalue weighted by Crippen LogP contribution is -2.67. The Kier molecular flexibility index (Phi) is 10.2. The van der Waals surface area contributed by atoms with E-state index in [9.17, 15) is 14.4 Å². The maximum absolute atomic E-state index is 15.4. The average molecular weight is 568 g/mol. The summed E-state index contributed by atoms with van der Waals surface area (Å²) in [7, 11) is 0. The molecule has 1 saturated heterocycles. The second-order valence-corrected chi connectivity index (χ2v) is 10.6. The second kappa shape index (κ2) is 13.4. The summed E-state index contributed by atoms with van der Waals surface area (Å²) in [6.45, 7) is 10.6. The molecule has 0 radical (unpaired) electrons. The number of amides is 4. The van der Waals surface area contributed by atoms with Gasteiger partial charge in [0, 0.05) is 24.2 Å². The van der Waals surface area contributed by atoms with Crippen molar-refractivity contribution in [1.82, 2.24) is 10.2 Å². The molecule has 1 aliphatic heterocycles. The number of ether oxygens (including phenoxy) is 2. The van der Waals surface area contributed by atoms with Crippen LogP contribution in [0.2, 0.25) is 0 Å². The Labute approximate surface area is 239 Å². The summed E-state index contributed by atoms with van der Waals surface area (Å²) in [5.74, 6) is 2.53. The molecule has 1 fully saturated rings. The number of hydrogen-bond donors (Lipinski definition) is 1. The molecule has 0 bridgehead atoms. The molecule has 1 atom stereocenters. The lowest BCUT2D eigenvalue weighted by molar-refractivity contribution is -0.124. The molecule has 10 heteroatoms. The molecular weight excluding hydrogens is 532 g/mol. The van der Waals surface area contributed by atoms with Gasteiger partial charge in [-0.25, -0.2) is 23.3 Å². The van der Waals surface area contributed by atoms with Crippen molar-refractivity contribution >= 4 is 23.7 Å². The molecule has 41 heavy (non-hydrogen) atoms. The first-order valence-electron chi connectivity index (χ1n) is 13.3. The van der Waals surface area contributed by atoms with Crippen LogP contribution in [0.15, 0.2) is 55.1 Å². The lowest BCUT2D eigenvalue weighted by atomic mass is 9.87. The van der Waals surface area contributed by atoms with Crippen molar-refractivity contribution in [3.63, 3.8) is 0 Å². The Hall–Kier alpha value is -4.23. The van der Waals surface area contributed by atoms with E-state index in [0.717, 1.165) is 12.1 Å². The van der Waals surface area contributed by atoms with Crippen LogP contribution in [0, 0.1) is 23.5 Å². The van der Waals surface area contributed by atoms with Gasteiger partial charge in [0.2, 0.25) is 5.91 Å². The van der Waals surface area contributed by atoms with Crippen LogP contribution in [0.3, 0.4) is 0 Å². The number of anilines is 1. The largest absolute Gasteiger partial charge is 0.444 e. The van der Waals surface area contributed by atoms with Crippen molar-refractivity contribution in [2.24, 2.45) is 0 Å². The molecule has 0 aliphatic carbocycles. The Morgan fingerprint density at radius 3 is 2.34 bits per heavy atom. The fourth-order valence-electron chi connectivity index (χ4n) is 4.42. The van der Waals surface area contributed by atoms with Crippen molar-refractivity contribution in [1.29, 1.82) is 0 Å². The molecule has 3 rings (SSSR count). The Balaban J connectivity index is 1.92. The Morgan fingerprint density at radius 2 is 1.76 bits per heavy atom. The average Bonchev–Trinajstić information content (AvgIpc) is 2.90. The highest BCUT2D eigenvalue weighted by molar-refractivity contribution is 6.16. The topological polar surface area (TPSA) is 88.2 Å². The number of benzene rings is 2. The number of halogens is 2. The first-order valence-corrected chi connectivity index (χ1v) is 13.3. The summed E-state index contributed by atoms with van der Waals surface area (Å²) in [4.78, 5) is 41.2. The lowest BCUT2D eigenvalue weighted by Gasteiger charge is -2.48. The zero-order chi connectivity index (χ0) is 30.2. The van der Waals surface area contributed by atoms with E-state index >= 15 is 8.78 Å². The summed E-state index contributed by atoms with van der Waals surface area (Å²) in [6.07, 6.45) is 0.890. The minimum atomic E-state index is -1.11. The number of carbonyl (C=O) groups excluding carboxylic acids is 3. The van der Waals surface area contributed by atoms with E-state index in [1.165, 1.54) is 11.0 Å². The summed E-state index contributed by atoms with van der Waals surface area (Å²) in [5.41, 5.74) is -1.93. The summed E-state index contributed by atoms with van der Waals surface area (Å²) in [6, 6.07) is 9.94. The summed E-state index contributed by atoms with van der Waals surface area (Å²) < 4.78 is 41.6. The van der Waals surface area contributed by atoms with Crippen molar-refractivity contribution < 1.29 is 32.6 Å². The molecule has 4 amide bonds. The molecule has 8 nitrogen and oxygen atoms in total. The van der Waals surface area contributed by atoms with Gasteiger partial charge in [-0.1, -0.05) is 43.0 Å². The number of nitrogens with zero attached hydrogens (tertiary/aromatic N) is 2. The van der Waals surface area contributed by atoms with E-state index < -0.39 is 46.5 Å². The Morgan fingerprint density at radius 1 is 1.12 bits per heavy atom. The molecule has 1 unspecified atom stereocenters. The Bertz CT molecular complexity index is 1320. The highest BCUT2D eigenvalue weighted by Gasteiger charge is 2.50. The normalized spacial score (nSPS) is 17.1. The molecular formula is C31H35F2N3O5. The van der Waals surface area contributed by atoms with Crippen LogP contribution in [-0.4, -0.2) is 60.4 Å². The van der Waals surface area contributed by atoms with Crippen LogP contribution in [0.5, 0.6) is 0 Å². The van der Waals surface area contributed by atoms with Crippen molar-refractivity contribution in [2.45, 2.75) is 51.7 Å². The minimum absolute atomic E-state index is 0.0216. The van der Waals surface area contributed by atoms with E-state index in [0.29, 0.717) is 16.9 Å². The van der Waals surface area contributed by atoms with E-state index in [2.05, 4.69) is 23.7 Å². The zero-order valence-corrected chi connectivity index (χ0v) is 23.8. The standard InChI is InChI=1S/C31H35F2N3O5/c1-6-17-40-21-31(7-2)20-26(37)36(29(39)35(31)16-15-34-28(38)41-30(3,4)5)27-24(32)18-23(19-25(27)33)14-13-22-11-9-8-10-12-22/h6,8-12,18-19H,1,7,15-17,20-21H2,2-5H3,(H,34,38). The van der Waals surface area contributed by atoms with Crippen LogP contribution in [0.1, 0.15) is 51.7 Å². The highest BCUT2D eigenvalue weighted by atomic mass is 19.1. The van der Waals surface area contributed by atoms with Crippen LogP contribution in [0.4, 0.5) is 24.1 Å². The first kappa shape index (κ1) is 31.3. The van der Waals surface area contributed by atoms with Crippen molar-refractivity contribution in [3.05, 3.63) is 77.9 Å². The fourth-order valence-corrected chi connectivity index (χ4v) is 4.42. The van der Waals surface area contributed by atoms with Gasteiger partial charge in [-0.2, -0.15) is 0 Å². The zero-order valence-electron chi connectivity index (χ0n) is 23.8. The summed E-state index contributed by atoms with van der Waals surface area (Å²) in [5, 5.41) is 2.58. The third-order valence-corrected chi connectivity index (χ3v) is 6.36. The van der Waals surface area contributed by atoms with Crippen molar-refractivity contribution in [2.75, 3.05) is 31.2 Å². The SMILES string of the molecule is C=CCOCC1(CC)CC(=O)N(c2c(F)cc(C#Cc3ccccc3)cc2F)C(=O)N1CCNC(=O)OC(C)(C)C. The molecule has 1 N–H and O–H groups in total. The fraction of sp³-hybridized carbons (Fsp3) is 0.387. The first-order chi connectivity index (χ1) is 19.4. The van der Waals surface area contributed by atoms with E-state index in [-0.39, 0.29) is 38.3 Å². The molecule has 1 heterocycles. The predicted molar refractivity (Wildman–Crippen MR) is 151 cm³/mol. The molecule has 2 aromatic carbocycles. The summed E-state index contributed by atoms with van der Waals surface area (Å²) >= 11 is 0. The molecule has 218 valence electrons. The molecule has 0 spiro atoms. The van der Waals surface area contributed by atoms with Crippen molar-refractivity contribution in [3.8, 4) is 11.8 Å². The minimum Gasteiger partial charge on any atom is -0.444 e. The number of nitrogens with one attached hydrogen (secondary N) is 1. The smallest absolute Gasteiger partial charge is 0.407 e. The predicted octanol–water partition coefficient (Wildman–Crippen LogP) is 5.40. The molecule has 0 aromatic heterocycles. The number of carbonyl (C=O) groups is 3. The highest BCUT2D eigenvalue weighted by Crippen LogP contribution is 2.36. The van der Waals surface area contributed by atoms with Gasteiger partial charge < -0.3 is 19.7 Å². The monoisotopic (exact) mass is 567 g/mol.